The number of aryl methyl sites for hydroxylation is 2. The van der Waals surface area contributed by atoms with E-state index in [9.17, 15) is 4.79 Å². The van der Waals surface area contributed by atoms with Crippen molar-refractivity contribution in [1.82, 2.24) is 4.57 Å². The summed E-state index contributed by atoms with van der Waals surface area (Å²) in [5, 5.41) is 4.45. The SMILES string of the molecule is COc1ccc(NCc2cc3cc(C)c(C)cc3n(C(C)C)c2=O)cc1. The molecule has 1 heterocycles. The van der Waals surface area contributed by atoms with Gasteiger partial charge in [0.05, 0.1) is 12.6 Å². The van der Waals surface area contributed by atoms with Crippen LogP contribution in [0.5, 0.6) is 5.75 Å². The largest absolute Gasteiger partial charge is 0.497 e. The smallest absolute Gasteiger partial charge is 0.256 e. The second-order valence-corrected chi connectivity index (χ2v) is 7.02. The van der Waals surface area contributed by atoms with Crippen LogP contribution in [0.25, 0.3) is 10.9 Å². The van der Waals surface area contributed by atoms with Crippen molar-refractivity contribution in [2.75, 3.05) is 12.4 Å². The molecule has 0 atom stereocenters. The first-order chi connectivity index (χ1) is 12.4. The van der Waals surface area contributed by atoms with Crippen molar-refractivity contribution < 1.29 is 4.74 Å². The first-order valence-electron chi connectivity index (χ1n) is 8.94. The molecule has 0 aliphatic carbocycles. The van der Waals surface area contributed by atoms with Crippen molar-refractivity contribution in [2.45, 2.75) is 40.3 Å². The number of methoxy groups -OCH3 is 1. The van der Waals surface area contributed by atoms with Gasteiger partial charge in [0.1, 0.15) is 5.75 Å². The van der Waals surface area contributed by atoms with E-state index in [0.717, 1.165) is 27.9 Å². The zero-order chi connectivity index (χ0) is 18.8. The van der Waals surface area contributed by atoms with E-state index < -0.39 is 0 Å². The molecule has 1 N–H and O–H groups in total. The van der Waals surface area contributed by atoms with E-state index in [1.165, 1.54) is 11.1 Å². The van der Waals surface area contributed by atoms with Crippen LogP contribution in [0.15, 0.2) is 47.3 Å². The van der Waals surface area contributed by atoms with Crippen molar-refractivity contribution in [3.8, 4) is 5.75 Å². The molecule has 0 bridgehead atoms. The molecule has 0 spiro atoms. The Morgan fingerprint density at radius 1 is 1.04 bits per heavy atom. The van der Waals surface area contributed by atoms with Gasteiger partial charge in [0.2, 0.25) is 0 Å². The van der Waals surface area contributed by atoms with Crippen molar-refractivity contribution >= 4 is 16.6 Å². The maximum absolute atomic E-state index is 13.0. The fourth-order valence-corrected chi connectivity index (χ4v) is 3.21. The van der Waals surface area contributed by atoms with Gasteiger partial charge in [0.25, 0.3) is 5.56 Å². The number of nitrogens with one attached hydrogen (secondary N) is 1. The summed E-state index contributed by atoms with van der Waals surface area (Å²) in [6.07, 6.45) is 0. The summed E-state index contributed by atoms with van der Waals surface area (Å²) in [5.41, 5.74) is 5.24. The Bertz CT molecular complexity index is 986. The number of benzene rings is 2. The molecule has 136 valence electrons. The van der Waals surface area contributed by atoms with Gasteiger partial charge in [-0.25, -0.2) is 0 Å². The average molecular weight is 350 g/mol. The minimum atomic E-state index is 0.0664. The van der Waals surface area contributed by atoms with E-state index in [0.29, 0.717) is 6.54 Å². The van der Waals surface area contributed by atoms with Crippen LogP contribution in [0.4, 0.5) is 5.69 Å². The fourth-order valence-electron chi connectivity index (χ4n) is 3.21. The van der Waals surface area contributed by atoms with Crippen LogP contribution < -0.4 is 15.6 Å². The highest BCUT2D eigenvalue weighted by atomic mass is 16.5. The molecule has 0 aliphatic rings. The van der Waals surface area contributed by atoms with Crippen LogP contribution in [-0.2, 0) is 6.54 Å². The van der Waals surface area contributed by atoms with Crippen molar-refractivity contribution in [1.29, 1.82) is 0 Å². The number of ether oxygens (including phenoxy) is 1. The number of aromatic nitrogens is 1. The lowest BCUT2D eigenvalue weighted by Crippen LogP contribution is -2.27. The van der Waals surface area contributed by atoms with Crippen LogP contribution in [0, 0.1) is 13.8 Å². The van der Waals surface area contributed by atoms with Gasteiger partial charge in [-0.3, -0.25) is 4.79 Å². The summed E-state index contributed by atoms with van der Waals surface area (Å²) in [4.78, 5) is 13.0. The molecule has 3 rings (SSSR count). The van der Waals surface area contributed by atoms with Crippen molar-refractivity contribution in [3.63, 3.8) is 0 Å². The maximum Gasteiger partial charge on any atom is 0.256 e. The lowest BCUT2D eigenvalue weighted by Gasteiger charge is -2.18. The highest BCUT2D eigenvalue weighted by Crippen LogP contribution is 2.22. The third-order valence-corrected chi connectivity index (χ3v) is 4.82. The molecular formula is C22H26N2O2. The summed E-state index contributed by atoms with van der Waals surface area (Å²) in [5.74, 6) is 0.814. The molecule has 26 heavy (non-hydrogen) atoms. The normalized spacial score (nSPS) is 11.2. The first-order valence-corrected chi connectivity index (χ1v) is 8.94. The van der Waals surface area contributed by atoms with Crippen molar-refractivity contribution in [2.24, 2.45) is 0 Å². The lowest BCUT2D eigenvalue weighted by molar-refractivity contribution is 0.415. The Hall–Kier alpha value is -2.75. The van der Waals surface area contributed by atoms with Crippen LogP contribution >= 0.6 is 0 Å². The number of hydrogen-bond donors (Lipinski definition) is 1. The third-order valence-electron chi connectivity index (χ3n) is 4.82. The number of rotatable bonds is 5. The van der Waals surface area contributed by atoms with E-state index in [-0.39, 0.29) is 11.6 Å². The number of anilines is 1. The number of hydrogen-bond acceptors (Lipinski definition) is 3. The summed E-state index contributed by atoms with van der Waals surface area (Å²) < 4.78 is 7.08. The zero-order valence-corrected chi connectivity index (χ0v) is 16.1. The molecule has 4 nitrogen and oxygen atoms in total. The van der Waals surface area contributed by atoms with Crippen LogP contribution in [0.1, 0.15) is 36.6 Å². The minimum absolute atomic E-state index is 0.0664. The van der Waals surface area contributed by atoms with Gasteiger partial charge in [-0.15, -0.1) is 0 Å². The fraction of sp³-hybridized carbons (Fsp3) is 0.318. The number of pyridine rings is 1. The summed E-state index contributed by atoms with van der Waals surface area (Å²) in [6, 6.07) is 14.1. The topological polar surface area (TPSA) is 43.3 Å². The Morgan fingerprint density at radius 3 is 2.31 bits per heavy atom. The molecule has 4 heteroatoms. The highest BCUT2D eigenvalue weighted by Gasteiger charge is 2.13. The Balaban J connectivity index is 2.00. The Labute approximate surface area is 154 Å². The van der Waals surface area contributed by atoms with E-state index in [4.69, 9.17) is 4.74 Å². The third kappa shape index (κ3) is 3.45. The second-order valence-electron chi connectivity index (χ2n) is 7.02. The highest BCUT2D eigenvalue weighted by molar-refractivity contribution is 5.81. The quantitative estimate of drug-likeness (QED) is 0.717. The Morgan fingerprint density at radius 2 is 1.69 bits per heavy atom. The van der Waals surface area contributed by atoms with E-state index >= 15 is 0 Å². The van der Waals surface area contributed by atoms with Crippen LogP contribution in [-0.4, -0.2) is 11.7 Å². The number of fused-ring (bicyclic) bond motifs is 1. The molecule has 0 amide bonds. The molecular weight excluding hydrogens is 324 g/mol. The predicted octanol–water partition coefficient (Wildman–Crippen LogP) is 4.82. The molecule has 1 aromatic heterocycles. The molecule has 0 saturated carbocycles. The summed E-state index contributed by atoms with van der Waals surface area (Å²) in [6.45, 7) is 8.78. The van der Waals surface area contributed by atoms with E-state index in [1.54, 1.807) is 7.11 Å². The van der Waals surface area contributed by atoms with Gasteiger partial charge in [-0.1, -0.05) is 0 Å². The van der Waals surface area contributed by atoms with Gasteiger partial charge in [0.15, 0.2) is 0 Å². The minimum Gasteiger partial charge on any atom is -0.497 e. The van der Waals surface area contributed by atoms with Crippen LogP contribution in [0.2, 0.25) is 0 Å². The molecule has 3 aromatic rings. The van der Waals surface area contributed by atoms with Gasteiger partial charge < -0.3 is 14.6 Å². The molecule has 0 saturated heterocycles. The first kappa shape index (κ1) is 18.1. The summed E-state index contributed by atoms with van der Waals surface area (Å²) in [7, 11) is 1.65. The van der Waals surface area contributed by atoms with Gasteiger partial charge in [0, 0.05) is 23.8 Å². The average Bonchev–Trinajstić information content (AvgIpc) is 2.62. The monoisotopic (exact) mass is 350 g/mol. The molecule has 2 aromatic carbocycles. The van der Waals surface area contributed by atoms with Gasteiger partial charge in [-0.05, 0) is 86.7 Å². The molecule has 0 fully saturated rings. The standard InChI is InChI=1S/C22H26N2O2/c1-14(2)24-21-11-16(4)15(3)10-17(21)12-18(22(24)25)13-23-19-6-8-20(26-5)9-7-19/h6-12,14,23H,13H2,1-5H3. The predicted molar refractivity (Wildman–Crippen MR) is 108 cm³/mol. The van der Waals surface area contributed by atoms with Crippen LogP contribution in [0.3, 0.4) is 0 Å². The van der Waals surface area contributed by atoms with E-state index in [2.05, 4.69) is 45.1 Å². The van der Waals surface area contributed by atoms with Gasteiger partial charge in [-0.2, -0.15) is 0 Å². The lowest BCUT2D eigenvalue weighted by atomic mass is 10.0. The van der Waals surface area contributed by atoms with Crippen molar-refractivity contribution in [3.05, 3.63) is 69.5 Å². The second kappa shape index (κ2) is 7.24. The molecule has 0 radical (unpaired) electrons. The van der Waals surface area contributed by atoms with E-state index in [1.807, 2.05) is 34.9 Å². The zero-order valence-electron chi connectivity index (χ0n) is 16.1. The Kier molecular flexibility index (Phi) is 5.03. The maximum atomic E-state index is 13.0. The molecule has 0 unspecified atom stereocenters. The molecule has 0 aliphatic heterocycles. The van der Waals surface area contributed by atoms with Gasteiger partial charge >= 0.3 is 0 Å². The summed E-state index contributed by atoms with van der Waals surface area (Å²) >= 11 is 0. The number of nitrogens with zero attached hydrogens (tertiary/aromatic N) is 1.